The van der Waals surface area contributed by atoms with Crippen LogP contribution in [0.4, 0.5) is 4.79 Å². The maximum atomic E-state index is 13.0. The average Bonchev–Trinajstić information content (AvgIpc) is 2.87. The minimum Gasteiger partial charge on any atom is -0.461 e. The number of hydrogen-bond acceptors (Lipinski definition) is 5. The number of urea groups is 1. The fraction of sp³-hybridized carbons (Fsp3) is 0.870. The van der Waals surface area contributed by atoms with Gasteiger partial charge >= 0.3 is 12.0 Å². The minimum atomic E-state index is -0.852. The Morgan fingerprint density at radius 2 is 1.73 bits per heavy atom. The summed E-state index contributed by atoms with van der Waals surface area (Å²) in [6.45, 7) is 13.4. The van der Waals surface area contributed by atoms with Gasteiger partial charge in [-0.3, -0.25) is 14.5 Å². The van der Waals surface area contributed by atoms with Gasteiger partial charge in [-0.25, -0.2) is 4.79 Å². The quantitative estimate of drug-likeness (QED) is 0.545. The van der Waals surface area contributed by atoms with Crippen molar-refractivity contribution in [2.24, 2.45) is 17.3 Å². The van der Waals surface area contributed by atoms with Crippen molar-refractivity contribution in [3.05, 3.63) is 0 Å². The molecule has 1 spiro atoms. The van der Waals surface area contributed by atoms with Gasteiger partial charge in [0, 0.05) is 19.6 Å². The van der Waals surface area contributed by atoms with Gasteiger partial charge in [0.05, 0.1) is 0 Å². The Labute approximate surface area is 180 Å². The molecule has 0 aromatic carbocycles. The molecule has 0 aromatic rings. The molecule has 1 N–H and O–H groups in total. The summed E-state index contributed by atoms with van der Waals surface area (Å²) in [5, 5.41) is 2.88. The van der Waals surface area contributed by atoms with E-state index in [9.17, 15) is 14.4 Å². The molecule has 3 aliphatic rings. The molecule has 2 heterocycles. The van der Waals surface area contributed by atoms with Gasteiger partial charge in [-0.05, 0) is 55.8 Å². The third kappa shape index (κ3) is 5.16. The molecule has 170 valence electrons. The van der Waals surface area contributed by atoms with Gasteiger partial charge in [0.1, 0.15) is 18.2 Å². The van der Waals surface area contributed by atoms with Crippen molar-refractivity contribution in [3.63, 3.8) is 0 Å². The number of imide groups is 1. The molecule has 30 heavy (non-hydrogen) atoms. The molecule has 2 saturated heterocycles. The standard InChI is InChI=1S/C23H39N3O4/c1-16(2)14-25-12-10-23(11-13-25)20(28)26(21(29)24-23)15-19(27)30-18-8-6-17(7-9-18)22(3,4)5/h16-18H,6-15H2,1-5H3,(H,24,29). The molecule has 0 unspecified atom stereocenters. The predicted octanol–water partition coefficient (Wildman–Crippen LogP) is 3.18. The van der Waals surface area contributed by atoms with Crippen LogP contribution < -0.4 is 5.32 Å². The summed E-state index contributed by atoms with van der Waals surface area (Å²) < 4.78 is 5.63. The van der Waals surface area contributed by atoms with Crippen LogP contribution in [-0.4, -0.2) is 65.5 Å². The van der Waals surface area contributed by atoms with Gasteiger partial charge in [0.2, 0.25) is 0 Å². The summed E-state index contributed by atoms with van der Waals surface area (Å²) in [6.07, 6.45) is 4.86. The van der Waals surface area contributed by atoms with Crippen molar-refractivity contribution in [2.75, 3.05) is 26.2 Å². The third-order valence-electron chi connectivity index (χ3n) is 7.06. The number of hydrogen-bond donors (Lipinski definition) is 1. The molecule has 1 saturated carbocycles. The first kappa shape index (κ1) is 23.0. The van der Waals surface area contributed by atoms with E-state index in [0.717, 1.165) is 50.2 Å². The highest BCUT2D eigenvalue weighted by molar-refractivity contribution is 6.08. The number of amides is 3. The molecule has 7 heteroatoms. The zero-order valence-corrected chi connectivity index (χ0v) is 19.3. The van der Waals surface area contributed by atoms with Crippen LogP contribution in [0.5, 0.6) is 0 Å². The predicted molar refractivity (Wildman–Crippen MR) is 115 cm³/mol. The lowest BCUT2D eigenvalue weighted by Gasteiger charge is -2.38. The van der Waals surface area contributed by atoms with Gasteiger partial charge in [-0.15, -0.1) is 0 Å². The molecule has 7 nitrogen and oxygen atoms in total. The molecular formula is C23H39N3O4. The third-order valence-corrected chi connectivity index (χ3v) is 7.06. The van der Waals surface area contributed by atoms with E-state index in [-0.39, 0.29) is 24.0 Å². The van der Waals surface area contributed by atoms with Crippen molar-refractivity contribution in [1.82, 2.24) is 15.1 Å². The second-order valence-electron chi connectivity index (χ2n) is 10.9. The Bertz CT molecular complexity index is 654. The van der Waals surface area contributed by atoms with E-state index in [0.29, 0.717) is 24.7 Å². The lowest BCUT2D eigenvalue weighted by atomic mass is 9.72. The van der Waals surface area contributed by atoms with E-state index in [2.05, 4.69) is 44.8 Å². The second-order valence-corrected chi connectivity index (χ2v) is 10.9. The van der Waals surface area contributed by atoms with Crippen molar-refractivity contribution in [3.8, 4) is 0 Å². The number of rotatable bonds is 5. The number of likely N-dealkylation sites (tertiary alicyclic amines) is 1. The molecule has 3 amide bonds. The van der Waals surface area contributed by atoms with Crippen LogP contribution >= 0.6 is 0 Å². The lowest BCUT2D eigenvalue weighted by Crippen LogP contribution is -2.55. The van der Waals surface area contributed by atoms with Gasteiger partial charge in [-0.2, -0.15) is 0 Å². The molecule has 2 aliphatic heterocycles. The minimum absolute atomic E-state index is 0.106. The highest BCUT2D eigenvalue weighted by Crippen LogP contribution is 2.38. The summed E-state index contributed by atoms with van der Waals surface area (Å²) >= 11 is 0. The Balaban J connectivity index is 1.49. The molecule has 3 fully saturated rings. The highest BCUT2D eigenvalue weighted by atomic mass is 16.5. The smallest absolute Gasteiger partial charge is 0.326 e. The largest absolute Gasteiger partial charge is 0.461 e. The second kappa shape index (κ2) is 8.85. The summed E-state index contributed by atoms with van der Waals surface area (Å²) in [5.74, 6) is 0.453. The van der Waals surface area contributed by atoms with Crippen LogP contribution in [0.1, 0.15) is 73.1 Å². The van der Waals surface area contributed by atoms with Gasteiger partial charge < -0.3 is 15.0 Å². The van der Waals surface area contributed by atoms with Crippen LogP contribution in [0.15, 0.2) is 0 Å². The summed E-state index contributed by atoms with van der Waals surface area (Å²) in [6, 6.07) is -0.467. The first-order chi connectivity index (χ1) is 14.0. The zero-order valence-electron chi connectivity index (χ0n) is 19.3. The number of ether oxygens (including phenoxy) is 1. The Kier molecular flexibility index (Phi) is 6.80. The molecule has 0 aromatic heterocycles. The number of nitrogens with zero attached hydrogens (tertiary/aromatic N) is 2. The number of nitrogens with one attached hydrogen (secondary N) is 1. The fourth-order valence-electron chi connectivity index (χ4n) is 5.19. The molecule has 0 atom stereocenters. The fourth-order valence-corrected chi connectivity index (χ4v) is 5.19. The first-order valence-electron chi connectivity index (χ1n) is 11.6. The molecular weight excluding hydrogens is 382 g/mol. The van der Waals surface area contributed by atoms with E-state index in [1.807, 2.05) is 0 Å². The summed E-state index contributed by atoms with van der Waals surface area (Å²) in [7, 11) is 0. The van der Waals surface area contributed by atoms with Crippen molar-refractivity contribution < 1.29 is 19.1 Å². The van der Waals surface area contributed by atoms with Gasteiger partial charge in [0.25, 0.3) is 5.91 Å². The lowest BCUT2D eigenvalue weighted by molar-refractivity contribution is -0.154. The van der Waals surface area contributed by atoms with E-state index < -0.39 is 17.5 Å². The van der Waals surface area contributed by atoms with Crippen LogP contribution in [0.2, 0.25) is 0 Å². The maximum absolute atomic E-state index is 13.0. The number of carbonyl (C=O) groups is 3. The number of carbonyl (C=O) groups excluding carboxylic acids is 3. The molecule has 1 aliphatic carbocycles. The molecule has 3 rings (SSSR count). The van der Waals surface area contributed by atoms with Crippen molar-refractivity contribution >= 4 is 17.9 Å². The molecule has 0 radical (unpaired) electrons. The van der Waals surface area contributed by atoms with Crippen LogP contribution in [-0.2, 0) is 14.3 Å². The van der Waals surface area contributed by atoms with E-state index in [1.165, 1.54) is 0 Å². The van der Waals surface area contributed by atoms with Crippen molar-refractivity contribution in [1.29, 1.82) is 0 Å². The number of piperidine rings is 1. The van der Waals surface area contributed by atoms with E-state index in [4.69, 9.17) is 4.74 Å². The zero-order chi connectivity index (χ0) is 22.1. The highest BCUT2D eigenvalue weighted by Gasteiger charge is 2.52. The Hall–Kier alpha value is -1.63. The van der Waals surface area contributed by atoms with Crippen LogP contribution in [0, 0.1) is 17.3 Å². The van der Waals surface area contributed by atoms with E-state index >= 15 is 0 Å². The van der Waals surface area contributed by atoms with Crippen molar-refractivity contribution in [2.45, 2.75) is 84.8 Å². The first-order valence-corrected chi connectivity index (χ1v) is 11.6. The summed E-state index contributed by atoms with van der Waals surface area (Å²) in [4.78, 5) is 41.4. The Morgan fingerprint density at radius 1 is 1.13 bits per heavy atom. The Morgan fingerprint density at radius 3 is 2.27 bits per heavy atom. The SMILES string of the molecule is CC(C)CN1CCC2(CC1)NC(=O)N(CC(=O)OC1CCC(C(C)(C)C)CC1)C2=O. The normalized spacial score (nSPS) is 27.6. The van der Waals surface area contributed by atoms with E-state index in [1.54, 1.807) is 0 Å². The van der Waals surface area contributed by atoms with Crippen LogP contribution in [0.25, 0.3) is 0 Å². The average molecular weight is 422 g/mol. The van der Waals surface area contributed by atoms with Gasteiger partial charge in [-0.1, -0.05) is 34.6 Å². The van der Waals surface area contributed by atoms with Gasteiger partial charge in [0.15, 0.2) is 0 Å². The molecule has 0 bridgehead atoms. The van der Waals surface area contributed by atoms with Crippen LogP contribution in [0.3, 0.4) is 0 Å². The maximum Gasteiger partial charge on any atom is 0.326 e. The number of esters is 1. The topological polar surface area (TPSA) is 79.0 Å². The monoisotopic (exact) mass is 421 g/mol. The summed E-state index contributed by atoms with van der Waals surface area (Å²) in [5.41, 5.74) is -0.580.